The highest BCUT2D eigenvalue weighted by Gasteiger charge is 2.14. The summed E-state index contributed by atoms with van der Waals surface area (Å²) < 4.78 is 7.24. The van der Waals surface area contributed by atoms with Gasteiger partial charge < -0.3 is 10.2 Å². The largest absolute Gasteiger partial charge is 0.469 e. The van der Waals surface area contributed by atoms with Crippen LogP contribution in [-0.4, -0.2) is 9.78 Å². The van der Waals surface area contributed by atoms with Crippen molar-refractivity contribution < 1.29 is 4.42 Å². The van der Waals surface area contributed by atoms with Crippen LogP contribution in [-0.2, 0) is 13.0 Å². The first kappa shape index (κ1) is 11.0. The van der Waals surface area contributed by atoms with Crippen molar-refractivity contribution >= 4 is 0 Å². The van der Waals surface area contributed by atoms with E-state index in [9.17, 15) is 0 Å². The average molecular weight is 219 g/mol. The lowest BCUT2D eigenvalue weighted by Gasteiger charge is -2.11. The van der Waals surface area contributed by atoms with E-state index < -0.39 is 0 Å². The molecule has 2 N–H and O–H groups in total. The Bertz CT molecular complexity index is 445. The predicted octanol–water partition coefficient (Wildman–Crippen LogP) is 2.05. The lowest BCUT2D eigenvalue weighted by molar-refractivity contribution is 0.474. The molecule has 0 aliphatic carbocycles. The molecule has 16 heavy (non-hydrogen) atoms. The van der Waals surface area contributed by atoms with Gasteiger partial charge in [-0.2, -0.15) is 5.10 Å². The molecule has 0 aliphatic heterocycles. The maximum Gasteiger partial charge on any atom is 0.105 e. The van der Waals surface area contributed by atoms with Crippen molar-refractivity contribution in [3.63, 3.8) is 0 Å². The molecule has 2 aromatic heterocycles. The van der Waals surface area contributed by atoms with Crippen molar-refractivity contribution in [2.75, 3.05) is 0 Å². The molecule has 4 heteroatoms. The molecule has 0 saturated carbocycles. The monoisotopic (exact) mass is 219 g/mol. The highest BCUT2D eigenvalue weighted by atomic mass is 16.3. The molecule has 1 atom stereocenters. The van der Waals surface area contributed by atoms with E-state index in [1.807, 2.05) is 29.8 Å². The van der Waals surface area contributed by atoms with Crippen LogP contribution in [0.25, 0.3) is 0 Å². The topological polar surface area (TPSA) is 57.0 Å². The summed E-state index contributed by atoms with van der Waals surface area (Å²) in [6, 6.07) is 5.80. The Morgan fingerprint density at radius 3 is 3.00 bits per heavy atom. The van der Waals surface area contributed by atoms with Gasteiger partial charge in [-0.15, -0.1) is 0 Å². The molecule has 1 unspecified atom stereocenters. The van der Waals surface area contributed by atoms with Crippen LogP contribution in [0.15, 0.2) is 28.9 Å². The van der Waals surface area contributed by atoms with Crippen LogP contribution >= 0.6 is 0 Å². The van der Waals surface area contributed by atoms with Crippen molar-refractivity contribution in [3.8, 4) is 0 Å². The van der Waals surface area contributed by atoms with Crippen molar-refractivity contribution in [2.45, 2.75) is 32.9 Å². The summed E-state index contributed by atoms with van der Waals surface area (Å²) in [5.74, 6) is 0.911. The number of aromatic nitrogens is 2. The lowest BCUT2D eigenvalue weighted by atomic mass is 10.1. The summed E-state index contributed by atoms with van der Waals surface area (Å²) in [7, 11) is 0. The average Bonchev–Trinajstić information content (AvgIpc) is 2.86. The van der Waals surface area contributed by atoms with Gasteiger partial charge in [0.15, 0.2) is 0 Å². The quantitative estimate of drug-likeness (QED) is 0.856. The van der Waals surface area contributed by atoms with Gasteiger partial charge in [0.05, 0.1) is 23.7 Å². The second kappa shape index (κ2) is 4.53. The SMILES string of the molecule is CCn1nc(C)cc1C(N)Cc1ccco1. The maximum atomic E-state index is 6.16. The molecule has 0 amide bonds. The molecular weight excluding hydrogens is 202 g/mol. The smallest absolute Gasteiger partial charge is 0.105 e. The zero-order valence-electron chi connectivity index (χ0n) is 9.68. The zero-order chi connectivity index (χ0) is 11.5. The van der Waals surface area contributed by atoms with Crippen LogP contribution in [0.4, 0.5) is 0 Å². The van der Waals surface area contributed by atoms with Crippen LogP contribution in [0.3, 0.4) is 0 Å². The van der Waals surface area contributed by atoms with Crippen molar-refractivity contribution in [2.24, 2.45) is 5.73 Å². The molecule has 2 rings (SSSR count). The van der Waals surface area contributed by atoms with E-state index in [4.69, 9.17) is 10.2 Å². The number of furan rings is 1. The summed E-state index contributed by atoms with van der Waals surface area (Å²) in [6.07, 6.45) is 2.38. The number of nitrogens with zero attached hydrogens (tertiary/aromatic N) is 2. The Kier molecular flexibility index (Phi) is 3.10. The zero-order valence-corrected chi connectivity index (χ0v) is 9.68. The van der Waals surface area contributed by atoms with Gasteiger partial charge in [-0.3, -0.25) is 4.68 Å². The molecule has 0 aliphatic rings. The summed E-state index contributed by atoms with van der Waals surface area (Å²) >= 11 is 0. The minimum Gasteiger partial charge on any atom is -0.469 e. The van der Waals surface area contributed by atoms with Gasteiger partial charge in [0.25, 0.3) is 0 Å². The third-order valence-corrected chi connectivity index (χ3v) is 2.61. The van der Waals surface area contributed by atoms with E-state index in [-0.39, 0.29) is 6.04 Å². The summed E-state index contributed by atoms with van der Waals surface area (Å²) in [4.78, 5) is 0. The van der Waals surface area contributed by atoms with Crippen LogP contribution in [0.2, 0.25) is 0 Å². The Morgan fingerprint density at radius 1 is 1.56 bits per heavy atom. The molecular formula is C12H17N3O. The van der Waals surface area contributed by atoms with E-state index in [1.54, 1.807) is 6.26 Å². The minimum absolute atomic E-state index is 0.0627. The maximum absolute atomic E-state index is 6.16. The second-order valence-electron chi connectivity index (χ2n) is 3.92. The van der Waals surface area contributed by atoms with Gasteiger partial charge in [0.1, 0.15) is 5.76 Å². The van der Waals surface area contributed by atoms with Gasteiger partial charge >= 0.3 is 0 Å². The van der Waals surface area contributed by atoms with Gasteiger partial charge in [-0.25, -0.2) is 0 Å². The predicted molar refractivity (Wildman–Crippen MR) is 62.0 cm³/mol. The molecule has 0 bridgehead atoms. The standard InChI is InChI=1S/C12H17N3O/c1-3-15-12(7-9(2)14-15)11(13)8-10-5-4-6-16-10/h4-7,11H,3,8,13H2,1-2H3. The van der Waals surface area contributed by atoms with Crippen molar-refractivity contribution in [3.05, 3.63) is 41.6 Å². The molecule has 0 saturated heterocycles. The fourth-order valence-corrected chi connectivity index (χ4v) is 1.87. The van der Waals surface area contributed by atoms with E-state index in [2.05, 4.69) is 12.0 Å². The molecule has 0 aromatic carbocycles. The summed E-state index contributed by atoms with van der Waals surface area (Å²) in [6.45, 7) is 4.89. The summed E-state index contributed by atoms with van der Waals surface area (Å²) in [5, 5.41) is 4.39. The van der Waals surface area contributed by atoms with Crippen LogP contribution in [0, 0.1) is 6.92 Å². The van der Waals surface area contributed by atoms with Gasteiger partial charge in [0.2, 0.25) is 0 Å². The molecule has 0 spiro atoms. The van der Waals surface area contributed by atoms with Crippen LogP contribution in [0.1, 0.15) is 30.1 Å². The molecule has 86 valence electrons. The normalized spacial score (nSPS) is 12.9. The Morgan fingerprint density at radius 2 is 2.38 bits per heavy atom. The first-order valence-corrected chi connectivity index (χ1v) is 5.53. The van der Waals surface area contributed by atoms with Crippen molar-refractivity contribution in [1.29, 1.82) is 0 Å². The Balaban J connectivity index is 2.16. The van der Waals surface area contributed by atoms with E-state index >= 15 is 0 Å². The second-order valence-corrected chi connectivity index (χ2v) is 3.92. The first-order valence-electron chi connectivity index (χ1n) is 5.53. The molecule has 4 nitrogen and oxygen atoms in total. The summed E-state index contributed by atoms with van der Waals surface area (Å²) in [5.41, 5.74) is 8.23. The molecule has 2 heterocycles. The van der Waals surface area contributed by atoms with Gasteiger partial charge in [0, 0.05) is 13.0 Å². The fourth-order valence-electron chi connectivity index (χ4n) is 1.87. The number of rotatable bonds is 4. The Labute approximate surface area is 95.1 Å². The third kappa shape index (κ3) is 2.17. The minimum atomic E-state index is -0.0627. The highest BCUT2D eigenvalue weighted by Crippen LogP contribution is 2.17. The third-order valence-electron chi connectivity index (χ3n) is 2.61. The lowest BCUT2D eigenvalue weighted by Crippen LogP contribution is -2.17. The number of hydrogen-bond acceptors (Lipinski definition) is 3. The van der Waals surface area contributed by atoms with Crippen LogP contribution < -0.4 is 5.73 Å². The van der Waals surface area contributed by atoms with E-state index in [0.717, 1.165) is 23.7 Å². The van der Waals surface area contributed by atoms with Gasteiger partial charge in [-0.1, -0.05) is 0 Å². The molecule has 0 radical (unpaired) electrons. The van der Waals surface area contributed by atoms with Gasteiger partial charge in [-0.05, 0) is 32.0 Å². The highest BCUT2D eigenvalue weighted by molar-refractivity contribution is 5.15. The van der Waals surface area contributed by atoms with Crippen LogP contribution in [0.5, 0.6) is 0 Å². The van der Waals surface area contributed by atoms with E-state index in [0.29, 0.717) is 6.42 Å². The number of nitrogens with two attached hydrogens (primary N) is 1. The molecule has 0 fully saturated rings. The Hall–Kier alpha value is -1.55. The number of hydrogen-bond donors (Lipinski definition) is 1. The number of aryl methyl sites for hydroxylation is 2. The van der Waals surface area contributed by atoms with E-state index in [1.165, 1.54) is 0 Å². The van der Waals surface area contributed by atoms with Crippen molar-refractivity contribution in [1.82, 2.24) is 9.78 Å². The fraction of sp³-hybridized carbons (Fsp3) is 0.417. The molecule has 2 aromatic rings. The first-order chi connectivity index (χ1) is 7.70.